The van der Waals surface area contributed by atoms with E-state index in [0.717, 1.165) is 11.1 Å². The average molecular weight is 348 g/mol. The van der Waals surface area contributed by atoms with Crippen molar-refractivity contribution in [1.29, 1.82) is 0 Å². The molecule has 0 heterocycles. The molecule has 4 heteroatoms. The summed E-state index contributed by atoms with van der Waals surface area (Å²) in [5, 5.41) is 10.6. The zero-order valence-corrected chi connectivity index (χ0v) is 13.5. The molecule has 0 aliphatic heterocycles. The van der Waals surface area contributed by atoms with E-state index in [1.165, 1.54) is 0 Å². The SMILES string of the molecule is Cc1ccc(O)c(C(=O)N(CCBr)Cc2ccccc2)c1. The summed E-state index contributed by atoms with van der Waals surface area (Å²) in [6, 6.07) is 14.9. The second kappa shape index (κ2) is 7.27. The Balaban J connectivity index is 2.25. The van der Waals surface area contributed by atoms with E-state index in [0.29, 0.717) is 24.0 Å². The van der Waals surface area contributed by atoms with Gasteiger partial charge in [-0.05, 0) is 24.6 Å². The normalized spacial score (nSPS) is 10.4. The topological polar surface area (TPSA) is 40.5 Å². The summed E-state index contributed by atoms with van der Waals surface area (Å²) in [6.45, 7) is 3.02. The summed E-state index contributed by atoms with van der Waals surface area (Å²) in [5.74, 6) is -0.127. The standard InChI is InChI=1S/C17H18BrNO2/c1-13-7-8-16(20)15(11-13)17(21)19(10-9-18)12-14-5-3-2-4-6-14/h2-8,11,20H,9-10,12H2,1H3. The first-order chi connectivity index (χ1) is 10.1. The van der Waals surface area contributed by atoms with Gasteiger partial charge < -0.3 is 10.0 Å². The number of amides is 1. The van der Waals surface area contributed by atoms with Crippen molar-refractivity contribution in [3.05, 3.63) is 65.2 Å². The van der Waals surface area contributed by atoms with Gasteiger partial charge in [-0.2, -0.15) is 0 Å². The number of carbonyl (C=O) groups is 1. The van der Waals surface area contributed by atoms with Crippen molar-refractivity contribution < 1.29 is 9.90 Å². The number of hydrogen-bond acceptors (Lipinski definition) is 2. The van der Waals surface area contributed by atoms with Crippen LogP contribution in [0.25, 0.3) is 0 Å². The fourth-order valence-electron chi connectivity index (χ4n) is 2.15. The van der Waals surface area contributed by atoms with Crippen LogP contribution in [-0.4, -0.2) is 27.8 Å². The van der Waals surface area contributed by atoms with Gasteiger partial charge in [0.25, 0.3) is 5.91 Å². The number of halogens is 1. The molecule has 1 N–H and O–H groups in total. The first-order valence-corrected chi connectivity index (χ1v) is 7.92. The molecule has 0 saturated heterocycles. The number of aromatic hydroxyl groups is 1. The molecule has 0 spiro atoms. The van der Waals surface area contributed by atoms with Crippen LogP contribution < -0.4 is 0 Å². The Hall–Kier alpha value is -1.81. The summed E-state index contributed by atoms with van der Waals surface area (Å²) in [6.07, 6.45) is 0. The fourth-order valence-corrected chi connectivity index (χ4v) is 2.58. The quantitative estimate of drug-likeness (QED) is 0.837. The number of alkyl halides is 1. The molecule has 1 amide bonds. The molecule has 2 aromatic rings. The molecule has 0 saturated carbocycles. The Morgan fingerprint density at radius 2 is 1.90 bits per heavy atom. The molecule has 0 bridgehead atoms. The highest BCUT2D eigenvalue weighted by Gasteiger charge is 2.19. The third kappa shape index (κ3) is 4.08. The highest BCUT2D eigenvalue weighted by atomic mass is 79.9. The lowest BCUT2D eigenvalue weighted by Crippen LogP contribution is -2.32. The van der Waals surface area contributed by atoms with Gasteiger partial charge in [0.2, 0.25) is 0 Å². The van der Waals surface area contributed by atoms with Crippen LogP contribution in [0.15, 0.2) is 48.5 Å². The van der Waals surface area contributed by atoms with Crippen LogP contribution in [0.3, 0.4) is 0 Å². The number of rotatable bonds is 5. The Morgan fingerprint density at radius 3 is 2.57 bits per heavy atom. The average Bonchev–Trinajstić information content (AvgIpc) is 2.49. The molecule has 110 valence electrons. The summed E-state index contributed by atoms with van der Waals surface area (Å²) >= 11 is 3.38. The summed E-state index contributed by atoms with van der Waals surface area (Å²) in [4.78, 5) is 14.4. The molecule has 0 atom stereocenters. The van der Waals surface area contributed by atoms with Gasteiger partial charge >= 0.3 is 0 Å². The molecule has 2 rings (SSSR count). The number of hydrogen-bond donors (Lipinski definition) is 1. The van der Waals surface area contributed by atoms with E-state index in [-0.39, 0.29) is 11.7 Å². The highest BCUT2D eigenvalue weighted by Crippen LogP contribution is 2.21. The predicted octanol–water partition coefficient (Wildman–Crippen LogP) is 3.74. The number of phenolic OH excluding ortho intramolecular Hbond substituents is 1. The Labute approximate surface area is 133 Å². The lowest BCUT2D eigenvalue weighted by atomic mass is 10.1. The van der Waals surface area contributed by atoms with Crippen LogP contribution >= 0.6 is 15.9 Å². The van der Waals surface area contributed by atoms with Crippen molar-refractivity contribution in [2.45, 2.75) is 13.5 Å². The monoisotopic (exact) mass is 347 g/mol. The minimum atomic E-state index is -0.153. The summed E-state index contributed by atoms with van der Waals surface area (Å²) in [5.41, 5.74) is 2.38. The smallest absolute Gasteiger partial charge is 0.257 e. The zero-order chi connectivity index (χ0) is 15.2. The first-order valence-electron chi connectivity index (χ1n) is 6.80. The van der Waals surface area contributed by atoms with Gasteiger partial charge in [-0.3, -0.25) is 4.79 Å². The summed E-state index contributed by atoms with van der Waals surface area (Å²) in [7, 11) is 0. The number of nitrogens with zero attached hydrogens (tertiary/aromatic N) is 1. The molecule has 0 fully saturated rings. The van der Waals surface area contributed by atoms with Crippen LogP contribution in [0, 0.1) is 6.92 Å². The Bertz CT molecular complexity index is 613. The van der Waals surface area contributed by atoms with Crippen molar-refractivity contribution in [2.75, 3.05) is 11.9 Å². The highest BCUT2D eigenvalue weighted by molar-refractivity contribution is 9.09. The number of aryl methyl sites for hydroxylation is 1. The van der Waals surface area contributed by atoms with Gasteiger partial charge in [0.15, 0.2) is 0 Å². The first kappa shape index (κ1) is 15.6. The van der Waals surface area contributed by atoms with Crippen molar-refractivity contribution in [2.24, 2.45) is 0 Å². The molecular weight excluding hydrogens is 330 g/mol. The van der Waals surface area contributed by atoms with E-state index in [4.69, 9.17) is 0 Å². The molecule has 0 aromatic heterocycles. The van der Waals surface area contributed by atoms with Crippen LogP contribution in [0.2, 0.25) is 0 Å². The molecule has 2 aromatic carbocycles. The minimum Gasteiger partial charge on any atom is -0.507 e. The van der Waals surface area contributed by atoms with Crippen LogP contribution in [0.1, 0.15) is 21.5 Å². The van der Waals surface area contributed by atoms with E-state index in [2.05, 4.69) is 15.9 Å². The largest absolute Gasteiger partial charge is 0.507 e. The van der Waals surface area contributed by atoms with Crippen LogP contribution in [-0.2, 0) is 6.54 Å². The Kier molecular flexibility index (Phi) is 5.39. The minimum absolute atomic E-state index is 0.0261. The van der Waals surface area contributed by atoms with Gasteiger partial charge in [0.05, 0.1) is 5.56 Å². The van der Waals surface area contributed by atoms with Gasteiger partial charge in [-0.1, -0.05) is 57.9 Å². The van der Waals surface area contributed by atoms with Gasteiger partial charge in [-0.25, -0.2) is 0 Å². The molecule has 21 heavy (non-hydrogen) atoms. The Morgan fingerprint density at radius 1 is 1.19 bits per heavy atom. The maximum atomic E-state index is 12.7. The molecular formula is C17H18BrNO2. The van der Waals surface area contributed by atoms with Crippen LogP contribution in [0.4, 0.5) is 0 Å². The van der Waals surface area contributed by atoms with Crippen LogP contribution in [0.5, 0.6) is 5.75 Å². The third-order valence-electron chi connectivity index (χ3n) is 3.24. The number of benzene rings is 2. The zero-order valence-electron chi connectivity index (χ0n) is 11.9. The van der Waals surface area contributed by atoms with Gasteiger partial charge in [0, 0.05) is 18.4 Å². The summed E-state index contributed by atoms with van der Waals surface area (Å²) < 4.78 is 0. The van der Waals surface area contributed by atoms with Crippen molar-refractivity contribution in [3.8, 4) is 5.75 Å². The number of carbonyl (C=O) groups excluding carboxylic acids is 1. The fraction of sp³-hybridized carbons (Fsp3) is 0.235. The lowest BCUT2D eigenvalue weighted by molar-refractivity contribution is 0.0751. The van der Waals surface area contributed by atoms with Gasteiger partial charge in [-0.15, -0.1) is 0 Å². The number of phenols is 1. The second-order valence-corrected chi connectivity index (χ2v) is 5.71. The third-order valence-corrected chi connectivity index (χ3v) is 3.60. The predicted molar refractivity (Wildman–Crippen MR) is 87.8 cm³/mol. The van der Waals surface area contributed by atoms with E-state index in [9.17, 15) is 9.90 Å². The van der Waals surface area contributed by atoms with Crippen molar-refractivity contribution in [1.82, 2.24) is 4.90 Å². The van der Waals surface area contributed by atoms with Crippen molar-refractivity contribution in [3.63, 3.8) is 0 Å². The van der Waals surface area contributed by atoms with E-state index in [1.807, 2.05) is 37.3 Å². The van der Waals surface area contributed by atoms with Crippen molar-refractivity contribution >= 4 is 21.8 Å². The van der Waals surface area contributed by atoms with E-state index >= 15 is 0 Å². The maximum absolute atomic E-state index is 12.7. The van der Waals surface area contributed by atoms with E-state index in [1.54, 1.807) is 23.1 Å². The molecule has 0 unspecified atom stereocenters. The maximum Gasteiger partial charge on any atom is 0.257 e. The molecule has 0 aliphatic rings. The molecule has 0 radical (unpaired) electrons. The lowest BCUT2D eigenvalue weighted by Gasteiger charge is -2.22. The molecule has 0 aliphatic carbocycles. The second-order valence-electron chi connectivity index (χ2n) is 4.92. The van der Waals surface area contributed by atoms with E-state index < -0.39 is 0 Å². The van der Waals surface area contributed by atoms with Gasteiger partial charge in [0.1, 0.15) is 5.75 Å². The molecule has 3 nitrogen and oxygen atoms in total.